The van der Waals surface area contributed by atoms with E-state index < -0.39 is 0 Å². The summed E-state index contributed by atoms with van der Waals surface area (Å²) in [6.45, 7) is 3.36. The number of nitrogens with one attached hydrogen (secondary N) is 1. The lowest BCUT2D eigenvalue weighted by Gasteiger charge is -2.26. The first-order valence-electron chi connectivity index (χ1n) is 6.93. The monoisotopic (exact) mass is 271 g/mol. The summed E-state index contributed by atoms with van der Waals surface area (Å²) in [5, 5.41) is 3.36. The Morgan fingerprint density at radius 2 is 2.10 bits per heavy atom. The van der Waals surface area contributed by atoms with E-state index in [-0.39, 0.29) is 11.9 Å². The Morgan fingerprint density at radius 1 is 1.25 bits per heavy atom. The third kappa shape index (κ3) is 2.68. The summed E-state index contributed by atoms with van der Waals surface area (Å²) in [7, 11) is 0. The van der Waals surface area contributed by atoms with E-state index in [1.54, 1.807) is 6.07 Å². The number of ether oxygens (including phenoxy) is 1. The Hall–Kier alpha value is -1.87. The molecular weight excluding hydrogens is 253 g/mol. The smallest absolute Gasteiger partial charge is 0.123 e. The Bertz CT molecular complexity index is 612. The van der Waals surface area contributed by atoms with Crippen molar-refractivity contribution in [2.45, 2.75) is 19.4 Å². The maximum absolute atomic E-state index is 13.1. The first-order valence-corrected chi connectivity index (χ1v) is 6.93. The van der Waals surface area contributed by atoms with Gasteiger partial charge in [0, 0.05) is 12.2 Å². The second-order valence-corrected chi connectivity index (χ2v) is 5.15. The molecule has 0 saturated carbocycles. The van der Waals surface area contributed by atoms with Gasteiger partial charge in [-0.15, -0.1) is 0 Å². The summed E-state index contributed by atoms with van der Waals surface area (Å²) in [6, 6.07) is 13.2. The zero-order chi connectivity index (χ0) is 13.9. The molecule has 0 amide bonds. The molecule has 1 aliphatic heterocycles. The Balaban J connectivity index is 1.73. The van der Waals surface area contributed by atoms with Gasteiger partial charge >= 0.3 is 0 Å². The molecule has 1 atom stereocenters. The summed E-state index contributed by atoms with van der Waals surface area (Å²) in [5.41, 5.74) is 4.49. The third-order valence-electron chi connectivity index (χ3n) is 3.76. The van der Waals surface area contributed by atoms with Gasteiger partial charge in [0.05, 0.1) is 12.7 Å². The Labute approximate surface area is 118 Å². The Kier molecular flexibility index (Phi) is 3.70. The molecule has 1 unspecified atom stereocenters. The molecule has 20 heavy (non-hydrogen) atoms. The lowest BCUT2D eigenvalue weighted by atomic mass is 9.97. The molecule has 3 rings (SSSR count). The van der Waals surface area contributed by atoms with Crippen LogP contribution in [0.15, 0.2) is 42.5 Å². The SMILES string of the molecule is Cc1cc(F)ccc1NCC1OCCc2ccccc21. The average molecular weight is 271 g/mol. The number of fused-ring (bicyclic) bond motifs is 1. The highest BCUT2D eigenvalue weighted by Crippen LogP contribution is 2.27. The van der Waals surface area contributed by atoms with E-state index in [4.69, 9.17) is 4.74 Å². The minimum Gasteiger partial charge on any atom is -0.382 e. The Morgan fingerprint density at radius 3 is 2.95 bits per heavy atom. The van der Waals surface area contributed by atoms with Crippen LogP contribution in [0.25, 0.3) is 0 Å². The molecule has 0 aromatic heterocycles. The molecule has 3 heteroatoms. The highest BCUT2D eigenvalue weighted by molar-refractivity contribution is 5.51. The van der Waals surface area contributed by atoms with Gasteiger partial charge in [0.15, 0.2) is 0 Å². The molecule has 0 bridgehead atoms. The zero-order valence-corrected chi connectivity index (χ0v) is 11.5. The number of hydrogen-bond acceptors (Lipinski definition) is 2. The van der Waals surface area contributed by atoms with Gasteiger partial charge in [-0.1, -0.05) is 24.3 Å². The first-order chi connectivity index (χ1) is 9.74. The first kappa shape index (κ1) is 13.1. The van der Waals surface area contributed by atoms with E-state index in [9.17, 15) is 4.39 Å². The zero-order valence-electron chi connectivity index (χ0n) is 11.5. The maximum Gasteiger partial charge on any atom is 0.123 e. The lowest BCUT2D eigenvalue weighted by molar-refractivity contribution is 0.0513. The van der Waals surface area contributed by atoms with Crippen LogP contribution in [0.2, 0.25) is 0 Å². The van der Waals surface area contributed by atoms with Gasteiger partial charge in [-0.3, -0.25) is 0 Å². The fourth-order valence-electron chi connectivity index (χ4n) is 2.67. The fraction of sp³-hybridized carbons (Fsp3) is 0.294. The van der Waals surface area contributed by atoms with Crippen LogP contribution in [0.5, 0.6) is 0 Å². The summed E-state index contributed by atoms with van der Waals surface area (Å²) < 4.78 is 18.9. The normalized spacial score (nSPS) is 17.6. The predicted octanol–water partition coefficient (Wildman–Crippen LogP) is 3.86. The van der Waals surface area contributed by atoms with Gasteiger partial charge in [0.25, 0.3) is 0 Å². The molecule has 0 aliphatic carbocycles. The number of benzene rings is 2. The van der Waals surface area contributed by atoms with E-state index in [0.29, 0.717) is 6.54 Å². The molecule has 2 aromatic rings. The van der Waals surface area contributed by atoms with Crippen LogP contribution in [0.1, 0.15) is 22.8 Å². The van der Waals surface area contributed by atoms with Crippen LogP contribution in [0.3, 0.4) is 0 Å². The third-order valence-corrected chi connectivity index (χ3v) is 3.76. The molecular formula is C17H18FNO. The number of rotatable bonds is 3. The van der Waals surface area contributed by atoms with E-state index in [2.05, 4.69) is 23.5 Å². The molecule has 104 valence electrons. The van der Waals surface area contributed by atoms with Crippen molar-refractivity contribution in [1.82, 2.24) is 0 Å². The minimum absolute atomic E-state index is 0.0596. The number of hydrogen-bond donors (Lipinski definition) is 1. The molecule has 2 nitrogen and oxygen atoms in total. The molecule has 1 aliphatic rings. The van der Waals surface area contributed by atoms with Crippen molar-refractivity contribution in [3.63, 3.8) is 0 Å². The highest BCUT2D eigenvalue weighted by Gasteiger charge is 2.20. The van der Waals surface area contributed by atoms with Crippen molar-refractivity contribution in [2.75, 3.05) is 18.5 Å². The van der Waals surface area contributed by atoms with E-state index in [0.717, 1.165) is 24.3 Å². The van der Waals surface area contributed by atoms with Crippen LogP contribution in [-0.2, 0) is 11.2 Å². The molecule has 1 N–H and O–H groups in total. The number of anilines is 1. The molecule has 1 heterocycles. The van der Waals surface area contributed by atoms with E-state index in [1.807, 2.05) is 13.0 Å². The van der Waals surface area contributed by atoms with Crippen LogP contribution < -0.4 is 5.32 Å². The second kappa shape index (κ2) is 5.63. The summed E-state index contributed by atoms with van der Waals surface area (Å²) in [4.78, 5) is 0. The summed E-state index contributed by atoms with van der Waals surface area (Å²) in [6.07, 6.45) is 1.03. The van der Waals surface area contributed by atoms with Crippen LogP contribution in [-0.4, -0.2) is 13.2 Å². The van der Waals surface area contributed by atoms with Gasteiger partial charge in [-0.2, -0.15) is 0 Å². The summed E-state index contributed by atoms with van der Waals surface area (Å²) >= 11 is 0. The van der Waals surface area contributed by atoms with Crippen molar-refractivity contribution in [3.8, 4) is 0 Å². The van der Waals surface area contributed by atoms with Crippen molar-refractivity contribution < 1.29 is 9.13 Å². The van der Waals surface area contributed by atoms with Crippen molar-refractivity contribution in [3.05, 3.63) is 65.0 Å². The van der Waals surface area contributed by atoms with Crippen molar-refractivity contribution in [1.29, 1.82) is 0 Å². The number of halogens is 1. The molecule has 0 radical (unpaired) electrons. The maximum atomic E-state index is 13.1. The largest absolute Gasteiger partial charge is 0.382 e. The van der Waals surface area contributed by atoms with Crippen LogP contribution in [0.4, 0.5) is 10.1 Å². The van der Waals surface area contributed by atoms with Crippen molar-refractivity contribution in [2.24, 2.45) is 0 Å². The predicted molar refractivity (Wildman–Crippen MR) is 78.5 cm³/mol. The van der Waals surface area contributed by atoms with E-state index in [1.165, 1.54) is 23.3 Å². The fourth-order valence-corrected chi connectivity index (χ4v) is 2.67. The van der Waals surface area contributed by atoms with Crippen molar-refractivity contribution >= 4 is 5.69 Å². The van der Waals surface area contributed by atoms with Gasteiger partial charge < -0.3 is 10.1 Å². The van der Waals surface area contributed by atoms with Gasteiger partial charge in [0.1, 0.15) is 5.82 Å². The summed E-state index contributed by atoms with van der Waals surface area (Å²) in [5.74, 6) is -0.202. The topological polar surface area (TPSA) is 21.3 Å². The second-order valence-electron chi connectivity index (χ2n) is 5.15. The van der Waals surface area contributed by atoms with Gasteiger partial charge in [0.2, 0.25) is 0 Å². The van der Waals surface area contributed by atoms with Crippen LogP contribution >= 0.6 is 0 Å². The average Bonchev–Trinajstić information content (AvgIpc) is 2.46. The van der Waals surface area contributed by atoms with E-state index >= 15 is 0 Å². The lowest BCUT2D eigenvalue weighted by Crippen LogP contribution is -2.22. The highest BCUT2D eigenvalue weighted by atomic mass is 19.1. The quantitative estimate of drug-likeness (QED) is 0.915. The number of aryl methyl sites for hydroxylation is 1. The van der Waals surface area contributed by atoms with Gasteiger partial charge in [-0.25, -0.2) is 4.39 Å². The standard InChI is InChI=1S/C17H18FNO/c1-12-10-14(18)6-7-16(12)19-11-17-15-5-3-2-4-13(15)8-9-20-17/h2-7,10,17,19H,8-9,11H2,1H3. The van der Waals surface area contributed by atoms with Gasteiger partial charge in [-0.05, 0) is 48.2 Å². The molecule has 2 aromatic carbocycles. The molecule has 0 saturated heterocycles. The molecule has 0 spiro atoms. The minimum atomic E-state index is -0.202. The van der Waals surface area contributed by atoms with Crippen LogP contribution in [0, 0.1) is 12.7 Å². The molecule has 0 fully saturated rings.